The molecule has 0 aliphatic rings. The summed E-state index contributed by atoms with van der Waals surface area (Å²) < 4.78 is 10.5. The van der Waals surface area contributed by atoms with Gasteiger partial charge in [0.25, 0.3) is 0 Å². The highest BCUT2D eigenvalue weighted by Gasteiger charge is 1.91. The van der Waals surface area contributed by atoms with Crippen molar-refractivity contribution in [2.45, 2.75) is 25.7 Å². The zero-order chi connectivity index (χ0) is 10.5. The van der Waals surface area contributed by atoms with E-state index in [1.807, 2.05) is 0 Å². The smallest absolute Gasteiger partial charge is 0.0487 e. The Morgan fingerprint density at radius 2 is 0.929 bits per heavy atom. The van der Waals surface area contributed by atoms with E-state index in [1.165, 1.54) is 0 Å². The maximum Gasteiger partial charge on any atom is 0.0487 e. The molecule has 0 spiro atoms. The molecule has 0 unspecified atom stereocenters. The van der Waals surface area contributed by atoms with Gasteiger partial charge in [0.2, 0.25) is 0 Å². The van der Waals surface area contributed by atoms with Crippen LogP contribution in [0.5, 0.6) is 0 Å². The van der Waals surface area contributed by atoms with Crippen molar-refractivity contribution in [2.75, 3.05) is 39.6 Å². The fraction of sp³-hybridized carbons (Fsp3) is 1.00. The minimum absolute atomic E-state index is 0.199. The second-order valence-electron chi connectivity index (χ2n) is 3.09. The summed E-state index contributed by atoms with van der Waals surface area (Å²) in [4.78, 5) is 0. The predicted molar refractivity (Wildman–Crippen MR) is 54.3 cm³/mol. The Balaban J connectivity index is 2.78. The molecule has 0 aliphatic carbocycles. The van der Waals surface area contributed by atoms with Crippen LogP contribution < -0.4 is 0 Å². The molecule has 0 bridgehead atoms. The first-order valence-electron chi connectivity index (χ1n) is 5.29. The Morgan fingerprint density at radius 3 is 1.29 bits per heavy atom. The fourth-order valence-electron chi connectivity index (χ4n) is 0.946. The van der Waals surface area contributed by atoms with Crippen LogP contribution in [0.4, 0.5) is 0 Å². The van der Waals surface area contributed by atoms with Crippen LogP contribution in [0.1, 0.15) is 25.7 Å². The largest absolute Gasteiger partial charge is 0.396 e. The van der Waals surface area contributed by atoms with E-state index >= 15 is 0 Å². The molecule has 0 heterocycles. The van der Waals surface area contributed by atoms with Crippen LogP contribution in [-0.2, 0) is 9.47 Å². The third-order valence-electron chi connectivity index (χ3n) is 1.72. The Kier molecular flexibility index (Phi) is 12.7. The van der Waals surface area contributed by atoms with Gasteiger partial charge in [0.1, 0.15) is 0 Å². The molecular formula is C10H22O4. The van der Waals surface area contributed by atoms with E-state index in [2.05, 4.69) is 0 Å². The van der Waals surface area contributed by atoms with E-state index in [4.69, 9.17) is 19.7 Å². The first-order chi connectivity index (χ1) is 6.91. The van der Waals surface area contributed by atoms with Crippen LogP contribution in [0, 0.1) is 0 Å². The molecule has 0 aromatic carbocycles. The van der Waals surface area contributed by atoms with Crippen molar-refractivity contribution in [1.82, 2.24) is 0 Å². The molecule has 0 fully saturated rings. The number of unbranched alkanes of at least 4 members (excludes halogenated alkanes) is 1. The maximum absolute atomic E-state index is 8.47. The summed E-state index contributed by atoms with van der Waals surface area (Å²) in [5, 5.41) is 16.9. The van der Waals surface area contributed by atoms with Crippen molar-refractivity contribution >= 4 is 0 Å². The number of aliphatic hydroxyl groups is 2. The number of ether oxygens (including phenoxy) is 2. The minimum Gasteiger partial charge on any atom is -0.396 e. The Labute approximate surface area is 85.8 Å². The van der Waals surface area contributed by atoms with Gasteiger partial charge in [-0.15, -0.1) is 0 Å². The molecule has 4 heteroatoms. The van der Waals surface area contributed by atoms with Crippen LogP contribution in [0.25, 0.3) is 0 Å². The van der Waals surface area contributed by atoms with E-state index in [0.717, 1.165) is 26.1 Å². The van der Waals surface area contributed by atoms with Gasteiger partial charge < -0.3 is 19.7 Å². The predicted octanol–water partition coefficient (Wildman–Crippen LogP) is 0.565. The van der Waals surface area contributed by atoms with E-state index in [9.17, 15) is 0 Å². The topological polar surface area (TPSA) is 58.9 Å². The Bertz CT molecular complexity index is 86.1. The quantitative estimate of drug-likeness (QED) is 0.485. The lowest BCUT2D eigenvalue weighted by molar-refractivity contribution is 0.0890. The number of rotatable bonds is 11. The standard InChI is InChI=1S/C10H22O4/c11-5-3-9-13-7-1-2-8-14-10-4-6-12/h11-12H,1-10H2. The summed E-state index contributed by atoms with van der Waals surface area (Å²) in [7, 11) is 0. The molecule has 0 radical (unpaired) electrons. The van der Waals surface area contributed by atoms with Gasteiger partial charge >= 0.3 is 0 Å². The third-order valence-corrected chi connectivity index (χ3v) is 1.72. The zero-order valence-electron chi connectivity index (χ0n) is 8.78. The van der Waals surface area contributed by atoms with Crippen molar-refractivity contribution in [2.24, 2.45) is 0 Å². The summed E-state index contributed by atoms with van der Waals surface area (Å²) in [6.45, 7) is 3.16. The molecule has 0 saturated carbocycles. The normalized spacial score (nSPS) is 10.7. The van der Waals surface area contributed by atoms with Crippen molar-refractivity contribution in [3.63, 3.8) is 0 Å². The molecule has 0 rings (SSSR count). The van der Waals surface area contributed by atoms with E-state index in [1.54, 1.807) is 0 Å². The molecule has 0 atom stereocenters. The maximum atomic E-state index is 8.47. The lowest BCUT2D eigenvalue weighted by Gasteiger charge is -2.04. The van der Waals surface area contributed by atoms with E-state index in [0.29, 0.717) is 26.1 Å². The molecule has 14 heavy (non-hydrogen) atoms. The van der Waals surface area contributed by atoms with Gasteiger partial charge in [0.15, 0.2) is 0 Å². The van der Waals surface area contributed by atoms with Crippen molar-refractivity contribution in [3.8, 4) is 0 Å². The van der Waals surface area contributed by atoms with Gasteiger partial charge in [-0.1, -0.05) is 0 Å². The lowest BCUT2D eigenvalue weighted by atomic mass is 10.3. The van der Waals surface area contributed by atoms with Crippen molar-refractivity contribution < 1.29 is 19.7 Å². The molecular weight excluding hydrogens is 184 g/mol. The van der Waals surface area contributed by atoms with E-state index in [-0.39, 0.29) is 13.2 Å². The molecule has 0 aromatic heterocycles. The second kappa shape index (κ2) is 12.8. The van der Waals surface area contributed by atoms with Gasteiger partial charge in [-0.2, -0.15) is 0 Å². The average Bonchev–Trinajstić information content (AvgIpc) is 2.21. The molecule has 2 N–H and O–H groups in total. The first-order valence-corrected chi connectivity index (χ1v) is 5.29. The van der Waals surface area contributed by atoms with Gasteiger partial charge in [0, 0.05) is 39.6 Å². The lowest BCUT2D eigenvalue weighted by Crippen LogP contribution is -2.02. The van der Waals surface area contributed by atoms with Gasteiger partial charge in [-0.25, -0.2) is 0 Å². The van der Waals surface area contributed by atoms with Crippen molar-refractivity contribution in [1.29, 1.82) is 0 Å². The molecule has 4 nitrogen and oxygen atoms in total. The van der Waals surface area contributed by atoms with Crippen molar-refractivity contribution in [3.05, 3.63) is 0 Å². The van der Waals surface area contributed by atoms with Crippen LogP contribution in [-0.4, -0.2) is 49.9 Å². The number of hydrogen-bond donors (Lipinski definition) is 2. The van der Waals surface area contributed by atoms with Gasteiger partial charge in [-0.3, -0.25) is 0 Å². The average molecular weight is 206 g/mol. The van der Waals surface area contributed by atoms with E-state index < -0.39 is 0 Å². The van der Waals surface area contributed by atoms with Crippen LogP contribution in [0.15, 0.2) is 0 Å². The van der Waals surface area contributed by atoms with Crippen LogP contribution in [0.2, 0.25) is 0 Å². The highest BCUT2D eigenvalue weighted by molar-refractivity contribution is 4.40. The summed E-state index contributed by atoms with van der Waals surface area (Å²) in [6.07, 6.45) is 3.41. The molecule has 0 aromatic rings. The number of aliphatic hydroxyl groups excluding tert-OH is 2. The molecule has 0 aliphatic heterocycles. The number of hydrogen-bond acceptors (Lipinski definition) is 4. The summed E-state index contributed by atoms with van der Waals surface area (Å²) >= 11 is 0. The monoisotopic (exact) mass is 206 g/mol. The summed E-state index contributed by atoms with van der Waals surface area (Å²) in [5.41, 5.74) is 0. The molecule has 0 saturated heterocycles. The third kappa shape index (κ3) is 11.8. The SMILES string of the molecule is OCCCOCCCCOCCCO. The van der Waals surface area contributed by atoms with Crippen LogP contribution >= 0.6 is 0 Å². The summed E-state index contributed by atoms with van der Waals surface area (Å²) in [6, 6.07) is 0. The molecule has 86 valence electrons. The highest BCUT2D eigenvalue weighted by Crippen LogP contribution is 1.93. The zero-order valence-corrected chi connectivity index (χ0v) is 8.78. The highest BCUT2D eigenvalue weighted by atomic mass is 16.5. The van der Waals surface area contributed by atoms with Crippen LogP contribution in [0.3, 0.4) is 0 Å². The van der Waals surface area contributed by atoms with Gasteiger partial charge in [-0.05, 0) is 25.7 Å². The second-order valence-corrected chi connectivity index (χ2v) is 3.09. The van der Waals surface area contributed by atoms with Gasteiger partial charge in [0.05, 0.1) is 0 Å². The fourth-order valence-corrected chi connectivity index (χ4v) is 0.946. The first kappa shape index (κ1) is 13.8. The minimum atomic E-state index is 0.199. The Hall–Kier alpha value is -0.160. The molecule has 0 amide bonds. The summed E-state index contributed by atoms with van der Waals surface area (Å²) in [5.74, 6) is 0. The Morgan fingerprint density at radius 1 is 0.571 bits per heavy atom.